The molecule has 0 N–H and O–H groups in total. The molecule has 0 radical (unpaired) electrons. The minimum atomic E-state index is -1.85. The number of amides is 1. The van der Waals surface area contributed by atoms with Crippen molar-refractivity contribution in [2.45, 2.75) is 78.1 Å². The van der Waals surface area contributed by atoms with Crippen molar-refractivity contribution in [3.05, 3.63) is 0 Å². The third-order valence-electron chi connectivity index (χ3n) is 6.27. The second kappa shape index (κ2) is 7.27. The lowest BCUT2D eigenvalue weighted by molar-refractivity contribution is -0.122. The van der Waals surface area contributed by atoms with E-state index in [0.717, 1.165) is 6.42 Å². The topological polar surface area (TPSA) is 55.8 Å². The number of Topliss-reactive ketones (excluding diaryl/α,β-unsaturated/α-hetero) is 1. The summed E-state index contributed by atoms with van der Waals surface area (Å²) in [6, 6.07) is 0. The van der Waals surface area contributed by atoms with E-state index in [1.54, 1.807) is 4.90 Å². The molecule has 1 heterocycles. The van der Waals surface area contributed by atoms with Gasteiger partial charge in [-0.2, -0.15) is 0 Å². The smallest absolute Gasteiger partial charge is 0.410 e. The maximum Gasteiger partial charge on any atom is 0.410 e. The van der Waals surface area contributed by atoms with Gasteiger partial charge in [-0.3, -0.25) is 4.79 Å². The number of hydrogen-bond acceptors (Lipinski definition) is 4. The third-order valence-corrected chi connectivity index (χ3v) is 10.8. The van der Waals surface area contributed by atoms with E-state index in [2.05, 4.69) is 33.9 Å². The van der Waals surface area contributed by atoms with Crippen molar-refractivity contribution in [1.29, 1.82) is 0 Å². The zero-order chi connectivity index (χ0) is 19.9. The van der Waals surface area contributed by atoms with Crippen LogP contribution in [0, 0.1) is 17.8 Å². The molecule has 1 aliphatic carbocycles. The Kier molecular flexibility index (Phi) is 5.98. The lowest BCUT2D eigenvalue weighted by atomic mass is 9.84. The molecule has 0 spiro atoms. The van der Waals surface area contributed by atoms with Crippen molar-refractivity contribution in [2.75, 3.05) is 19.7 Å². The summed E-state index contributed by atoms with van der Waals surface area (Å²) in [6.07, 6.45) is 1.17. The SMILES string of the molecule is CC(C)(C)OC(=O)N1CCC2C(CC(=O)C2CO[Si](C)(C)C(C)(C)C)C1. The van der Waals surface area contributed by atoms with E-state index >= 15 is 0 Å². The fourth-order valence-corrected chi connectivity index (χ4v) is 4.70. The minimum absolute atomic E-state index is 0.00471. The first-order valence-electron chi connectivity index (χ1n) is 9.86. The molecule has 2 fully saturated rings. The fourth-order valence-electron chi connectivity index (χ4n) is 3.67. The van der Waals surface area contributed by atoms with Gasteiger partial charge in [0.05, 0.1) is 0 Å². The molecule has 3 unspecified atom stereocenters. The number of carbonyl (C=O) groups is 2. The van der Waals surface area contributed by atoms with Gasteiger partial charge in [0.15, 0.2) is 8.32 Å². The quantitative estimate of drug-likeness (QED) is 0.675. The predicted octanol–water partition coefficient (Wildman–Crippen LogP) is 4.47. The van der Waals surface area contributed by atoms with E-state index in [0.29, 0.717) is 37.8 Å². The zero-order valence-electron chi connectivity index (χ0n) is 17.8. The molecule has 2 rings (SSSR count). The van der Waals surface area contributed by atoms with E-state index in [9.17, 15) is 9.59 Å². The lowest BCUT2D eigenvalue weighted by Gasteiger charge is -2.39. The van der Waals surface area contributed by atoms with Crippen molar-refractivity contribution in [3.63, 3.8) is 0 Å². The van der Waals surface area contributed by atoms with Crippen molar-refractivity contribution in [1.82, 2.24) is 4.90 Å². The van der Waals surface area contributed by atoms with Gasteiger partial charge >= 0.3 is 6.09 Å². The Morgan fingerprint density at radius 3 is 2.35 bits per heavy atom. The van der Waals surface area contributed by atoms with Crippen LogP contribution in [0.2, 0.25) is 18.1 Å². The number of hydrogen-bond donors (Lipinski definition) is 0. The van der Waals surface area contributed by atoms with Crippen molar-refractivity contribution in [2.24, 2.45) is 17.8 Å². The molecule has 150 valence electrons. The van der Waals surface area contributed by atoms with Crippen molar-refractivity contribution >= 4 is 20.2 Å². The molecule has 0 aromatic carbocycles. The number of likely N-dealkylation sites (tertiary alicyclic amines) is 1. The second-order valence-corrected chi connectivity index (χ2v) is 15.3. The monoisotopic (exact) mass is 383 g/mol. The molecule has 0 aromatic heterocycles. The van der Waals surface area contributed by atoms with Crippen LogP contribution in [0.25, 0.3) is 0 Å². The number of ketones is 1. The van der Waals surface area contributed by atoms with Gasteiger partial charge in [0.25, 0.3) is 0 Å². The summed E-state index contributed by atoms with van der Waals surface area (Å²) in [5.74, 6) is 0.891. The molecule has 6 heteroatoms. The number of fused-ring (bicyclic) bond motifs is 1. The van der Waals surface area contributed by atoms with Crippen LogP contribution in [0.15, 0.2) is 0 Å². The maximum atomic E-state index is 12.6. The van der Waals surface area contributed by atoms with E-state index in [1.807, 2.05) is 20.8 Å². The van der Waals surface area contributed by atoms with E-state index in [-0.39, 0.29) is 23.0 Å². The molecule has 26 heavy (non-hydrogen) atoms. The molecule has 5 nitrogen and oxygen atoms in total. The molecule has 2 aliphatic rings. The van der Waals surface area contributed by atoms with Crippen LogP contribution in [-0.4, -0.2) is 50.4 Å². The van der Waals surface area contributed by atoms with Crippen LogP contribution in [0.5, 0.6) is 0 Å². The zero-order valence-corrected chi connectivity index (χ0v) is 18.8. The predicted molar refractivity (Wildman–Crippen MR) is 106 cm³/mol. The van der Waals surface area contributed by atoms with E-state index in [4.69, 9.17) is 9.16 Å². The summed E-state index contributed by atoms with van der Waals surface area (Å²) in [6.45, 7) is 18.6. The first kappa shape index (κ1) is 21.4. The van der Waals surface area contributed by atoms with E-state index < -0.39 is 13.9 Å². The first-order valence-corrected chi connectivity index (χ1v) is 12.8. The summed E-state index contributed by atoms with van der Waals surface area (Å²) in [5, 5.41) is 0.147. The Labute approximate surface area is 159 Å². The molecule has 1 aliphatic heterocycles. The molecule has 1 saturated heterocycles. The van der Waals surface area contributed by atoms with Gasteiger partial charge in [-0.05, 0) is 57.2 Å². The Morgan fingerprint density at radius 2 is 1.81 bits per heavy atom. The Hall–Kier alpha value is -0.883. The van der Waals surface area contributed by atoms with Gasteiger partial charge in [-0.1, -0.05) is 20.8 Å². The summed E-state index contributed by atoms with van der Waals surface area (Å²) in [4.78, 5) is 26.7. The standard InChI is InChI=1S/C20H37NO4Si/c1-19(2,3)25-18(23)21-10-9-15-14(12-21)11-17(22)16(15)13-24-26(7,8)20(4,5)6/h14-16H,9-13H2,1-8H3. The van der Waals surface area contributed by atoms with Gasteiger partial charge in [0.1, 0.15) is 11.4 Å². The summed E-state index contributed by atoms with van der Waals surface area (Å²) >= 11 is 0. The van der Waals surface area contributed by atoms with Gasteiger partial charge in [-0.25, -0.2) is 4.79 Å². The maximum absolute atomic E-state index is 12.6. The van der Waals surface area contributed by atoms with Crippen molar-refractivity contribution in [3.8, 4) is 0 Å². The van der Waals surface area contributed by atoms with Crippen LogP contribution in [0.3, 0.4) is 0 Å². The van der Waals surface area contributed by atoms with Gasteiger partial charge in [-0.15, -0.1) is 0 Å². The highest BCUT2D eigenvalue weighted by atomic mass is 28.4. The van der Waals surface area contributed by atoms with Crippen LogP contribution in [0.4, 0.5) is 4.79 Å². The van der Waals surface area contributed by atoms with Crippen LogP contribution in [-0.2, 0) is 14.0 Å². The number of piperidine rings is 1. The van der Waals surface area contributed by atoms with Crippen molar-refractivity contribution < 1.29 is 18.8 Å². The van der Waals surface area contributed by atoms with Gasteiger partial charge in [0, 0.05) is 32.0 Å². The first-order chi connectivity index (χ1) is 11.7. The average Bonchev–Trinajstić information content (AvgIpc) is 2.76. The number of ether oxygens (including phenoxy) is 1. The van der Waals surface area contributed by atoms with Crippen LogP contribution < -0.4 is 0 Å². The third kappa shape index (κ3) is 4.88. The molecule has 0 aromatic rings. The van der Waals surface area contributed by atoms with Crippen LogP contribution in [0.1, 0.15) is 54.4 Å². The second-order valence-electron chi connectivity index (χ2n) is 10.5. The highest BCUT2D eigenvalue weighted by Gasteiger charge is 2.47. The normalized spacial score (nSPS) is 27.5. The fraction of sp³-hybridized carbons (Fsp3) is 0.900. The molecule has 1 amide bonds. The Morgan fingerprint density at radius 1 is 1.19 bits per heavy atom. The lowest BCUT2D eigenvalue weighted by Crippen LogP contribution is -2.46. The summed E-state index contributed by atoms with van der Waals surface area (Å²) in [7, 11) is -1.85. The average molecular weight is 384 g/mol. The summed E-state index contributed by atoms with van der Waals surface area (Å²) < 4.78 is 11.8. The summed E-state index contributed by atoms with van der Waals surface area (Å²) in [5.41, 5.74) is -0.487. The van der Waals surface area contributed by atoms with Crippen LogP contribution >= 0.6 is 0 Å². The van der Waals surface area contributed by atoms with E-state index in [1.165, 1.54) is 0 Å². The minimum Gasteiger partial charge on any atom is -0.444 e. The molecule has 0 bridgehead atoms. The largest absolute Gasteiger partial charge is 0.444 e. The highest BCUT2D eigenvalue weighted by Crippen LogP contribution is 2.42. The number of nitrogens with zero attached hydrogens (tertiary/aromatic N) is 1. The molecule has 1 saturated carbocycles. The molecular weight excluding hydrogens is 346 g/mol. The highest BCUT2D eigenvalue weighted by molar-refractivity contribution is 6.74. The van der Waals surface area contributed by atoms with Gasteiger partial charge in [0.2, 0.25) is 0 Å². The Balaban J connectivity index is 1.96. The molecule has 3 atom stereocenters. The Bertz CT molecular complexity index is 547. The van der Waals surface area contributed by atoms with Gasteiger partial charge < -0.3 is 14.1 Å². The number of rotatable bonds is 3. The molecular formula is C20H37NO4Si. The number of carbonyl (C=O) groups excluding carboxylic acids is 2.